The summed E-state index contributed by atoms with van der Waals surface area (Å²) in [5.41, 5.74) is 30.9. The van der Waals surface area contributed by atoms with Crippen molar-refractivity contribution in [2.75, 3.05) is 22.9 Å². The minimum absolute atomic E-state index is 0.0387. The van der Waals surface area contributed by atoms with Crippen LogP contribution in [0.2, 0.25) is 0 Å². The largest absolute Gasteiger partial charge is 0.478 e. The van der Waals surface area contributed by atoms with Gasteiger partial charge in [0, 0.05) is 22.7 Å². The quantitative estimate of drug-likeness (QED) is 0.116. The summed E-state index contributed by atoms with van der Waals surface area (Å²) < 4.78 is 12.2. The smallest absolute Gasteiger partial charge is 0.337 e. The molecule has 226 valence electrons. The molecule has 0 aromatic heterocycles. The van der Waals surface area contributed by atoms with E-state index in [1.165, 1.54) is 0 Å². The number of rotatable bonds is 7. The van der Waals surface area contributed by atoms with Gasteiger partial charge in [0.25, 0.3) is 0 Å². The third-order valence-corrected chi connectivity index (χ3v) is 8.37. The number of carboxylic acids is 1. The first-order chi connectivity index (χ1) is 22.2. The molecule has 0 aliphatic heterocycles. The molecule has 1 aliphatic rings. The Balaban J connectivity index is 1.41. The van der Waals surface area contributed by atoms with Gasteiger partial charge in [0.05, 0.1) is 11.0 Å². The van der Waals surface area contributed by atoms with Gasteiger partial charge in [-0.05, 0) is 130 Å². The molecular weight excluding hydrogens is 576 g/mol. The third kappa shape index (κ3) is 4.78. The van der Waals surface area contributed by atoms with Crippen LogP contribution in [0.4, 0.5) is 22.7 Å². The minimum atomic E-state index is -1.09. The van der Waals surface area contributed by atoms with Crippen molar-refractivity contribution in [2.24, 2.45) is 0 Å². The van der Waals surface area contributed by atoms with E-state index in [2.05, 4.69) is 0 Å². The van der Waals surface area contributed by atoms with Gasteiger partial charge in [0.1, 0.15) is 23.0 Å². The zero-order valence-electron chi connectivity index (χ0n) is 24.6. The Bertz CT molecular complexity index is 2000. The number of benzene rings is 6. The standard InChI is InChI=1S/C38H30N4O4/c39-24-5-14-29(15-6-24)45-27-10-1-22(2-11-27)38(23-3-12-28(13-4-23)46-30-16-7-25(40)8-17-30)34-19-26(41)9-18-31(34)32-20-33(37(43)44)36(42)21-35(32)38/h1-21H,39-42H2,(H,43,44). The molecule has 0 amide bonds. The zero-order chi connectivity index (χ0) is 32.0. The number of carboxylic acid groups (broad SMARTS) is 1. The monoisotopic (exact) mass is 606 g/mol. The molecule has 6 aromatic carbocycles. The number of ether oxygens (including phenoxy) is 2. The Hall–Kier alpha value is -6.41. The molecule has 7 rings (SSSR count). The molecule has 0 atom stereocenters. The first-order valence-corrected chi connectivity index (χ1v) is 14.6. The van der Waals surface area contributed by atoms with Gasteiger partial charge in [-0.1, -0.05) is 30.3 Å². The molecule has 0 radical (unpaired) electrons. The lowest BCUT2D eigenvalue weighted by molar-refractivity contribution is 0.0698. The van der Waals surface area contributed by atoms with Gasteiger partial charge in [0.15, 0.2) is 0 Å². The molecule has 0 saturated carbocycles. The van der Waals surface area contributed by atoms with E-state index in [4.69, 9.17) is 32.4 Å². The lowest BCUT2D eigenvalue weighted by Gasteiger charge is -2.34. The van der Waals surface area contributed by atoms with Crippen molar-refractivity contribution in [1.29, 1.82) is 0 Å². The fourth-order valence-electron chi connectivity index (χ4n) is 6.27. The average Bonchev–Trinajstić information content (AvgIpc) is 3.32. The van der Waals surface area contributed by atoms with E-state index >= 15 is 0 Å². The van der Waals surface area contributed by atoms with Gasteiger partial charge in [-0.15, -0.1) is 0 Å². The van der Waals surface area contributed by atoms with Crippen LogP contribution in [0.25, 0.3) is 11.1 Å². The molecule has 0 unspecified atom stereocenters. The molecule has 46 heavy (non-hydrogen) atoms. The second kappa shape index (κ2) is 10.9. The maximum atomic E-state index is 12.2. The number of anilines is 4. The van der Waals surface area contributed by atoms with Crippen LogP contribution in [0.1, 0.15) is 32.6 Å². The summed E-state index contributed by atoms with van der Waals surface area (Å²) in [6.07, 6.45) is 0. The van der Waals surface area contributed by atoms with E-state index in [1.807, 2.05) is 91.0 Å². The highest BCUT2D eigenvalue weighted by molar-refractivity contribution is 5.99. The number of carbonyl (C=O) groups is 1. The lowest BCUT2D eigenvalue weighted by atomic mass is 9.67. The summed E-state index contributed by atoms with van der Waals surface area (Å²) in [5.74, 6) is 1.51. The van der Waals surface area contributed by atoms with Crippen molar-refractivity contribution in [1.82, 2.24) is 0 Å². The van der Waals surface area contributed by atoms with E-state index in [-0.39, 0.29) is 11.3 Å². The van der Waals surface area contributed by atoms with Crippen LogP contribution in [-0.4, -0.2) is 11.1 Å². The van der Waals surface area contributed by atoms with Gasteiger partial charge in [0.2, 0.25) is 0 Å². The second-order valence-corrected chi connectivity index (χ2v) is 11.2. The molecule has 0 fully saturated rings. The SMILES string of the molecule is Nc1ccc(Oc2ccc(C3(c4ccc(Oc5ccc(N)cc5)cc4)c4cc(N)ccc4-c4cc(C(=O)O)c(N)cc43)cc2)cc1. The molecule has 6 aromatic rings. The second-order valence-electron chi connectivity index (χ2n) is 11.2. The van der Waals surface area contributed by atoms with E-state index in [1.54, 1.807) is 36.4 Å². The predicted octanol–water partition coefficient (Wildman–Crippen LogP) is 7.66. The fraction of sp³-hybridized carbons (Fsp3) is 0.0263. The average molecular weight is 607 g/mol. The summed E-state index contributed by atoms with van der Waals surface area (Å²) in [5, 5.41) is 9.95. The van der Waals surface area contributed by atoms with Crippen molar-refractivity contribution in [3.8, 4) is 34.1 Å². The first-order valence-electron chi connectivity index (χ1n) is 14.6. The molecule has 9 N–H and O–H groups in total. The Labute approximate surface area is 265 Å². The van der Waals surface area contributed by atoms with E-state index in [0.717, 1.165) is 33.4 Å². The predicted molar refractivity (Wildman–Crippen MR) is 181 cm³/mol. The summed E-state index contributed by atoms with van der Waals surface area (Å²) in [6, 6.07) is 39.2. The Morgan fingerprint density at radius 1 is 0.500 bits per heavy atom. The van der Waals surface area contributed by atoms with Gasteiger partial charge in [-0.3, -0.25) is 0 Å². The number of hydrogen-bond acceptors (Lipinski definition) is 7. The van der Waals surface area contributed by atoms with Crippen molar-refractivity contribution in [3.05, 3.63) is 155 Å². The van der Waals surface area contributed by atoms with Gasteiger partial charge in [-0.25, -0.2) is 4.79 Å². The highest BCUT2D eigenvalue weighted by Crippen LogP contribution is 2.57. The number of aromatic carboxylic acids is 1. The van der Waals surface area contributed by atoms with Crippen molar-refractivity contribution in [2.45, 2.75) is 5.41 Å². The minimum Gasteiger partial charge on any atom is -0.478 e. The Morgan fingerprint density at radius 3 is 1.37 bits per heavy atom. The Morgan fingerprint density at radius 2 is 0.913 bits per heavy atom. The summed E-state index contributed by atoms with van der Waals surface area (Å²) in [7, 11) is 0. The van der Waals surface area contributed by atoms with E-state index in [0.29, 0.717) is 40.1 Å². The van der Waals surface area contributed by atoms with Gasteiger partial charge < -0.3 is 37.5 Å². The van der Waals surface area contributed by atoms with Crippen molar-refractivity contribution < 1.29 is 19.4 Å². The first kappa shape index (κ1) is 28.4. The van der Waals surface area contributed by atoms with Crippen LogP contribution in [0.3, 0.4) is 0 Å². The molecule has 0 spiro atoms. The molecule has 0 saturated heterocycles. The van der Waals surface area contributed by atoms with E-state index < -0.39 is 11.4 Å². The summed E-state index contributed by atoms with van der Waals surface area (Å²) >= 11 is 0. The lowest BCUT2D eigenvalue weighted by Crippen LogP contribution is -2.29. The van der Waals surface area contributed by atoms with Crippen LogP contribution in [0.15, 0.2) is 127 Å². The molecule has 0 bridgehead atoms. The summed E-state index contributed by atoms with van der Waals surface area (Å²) in [4.78, 5) is 12.2. The number of nitrogens with two attached hydrogens (primary N) is 4. The highest BCUT2D eigenvalue weighted by atomic mass is 16.5. The van der Waals surface area contributed by atoms with Crippen LogP contribution < -0.4 is 32.4 Å². The van der Waals surface area contributed by atoms with Crippen LogP contribution in [0, 0.1) is 0 Å². The fourth-order valence-corrected chi connectivity index (χ4v) is 6.27. The van der Waals surface area contributed by atoms with Crippen LogP contribution in [-0.2, 0) is 5.41 Å². The van der Waals surface area contributed by atoms with Gasteiger partial charge >= 0.3 is 5.97 Å². The maximum Gasteiger partial charge on any atom is 0.337 e. The molecular formula is C38H30N4O4. The van der Waals surface area contributed by atoms with Crippen LogP contribution in [0.5, 0.6) is 23.0 Å². The van der Waals surface area contributed by atoms with Gasteiger partial charge in [-0.2, -0.15) is 0 Å². The number of fused-ring (bicyclic) bond motifs is 3. The Kier molecular flexibility index (Phi) is 6.75. The normalized spacial score (nSPS) is 12.6. The van der Waals surface area contributed by atoms with Crippen molar-refractivity contribution in [3.63, 3.8) is 0 Å². The summed E-state index contributed by atoms with van der Waals surface area (Å²) in [6.45, 7) is 0. The third-order valence-electron chi connectivity index (χ3n) is 8.37. The topological polar surface area (TPSA) is 160 Å². The highest BCUT2D eigenvalue weighted by Gasteiger charge is 2.47. The maximum absolute atomic E-state index is 12.2. The van der Waals surface area contributed by atoms with Crippen LogP contribution >= 0.6 is 0 Å². The van der Waals surface area contributed by atoms with Crippen molar-refractivity contribution >= 4 is 28.7 Å². The number of hydrogen-bond donors (Lipinski definition) is 5. The van der Waals surface area contributed by atoms with E-state index in [9.17, 15) is 9.90 Å². The number of nitrogen functional groups attached to an aromatic ring is 4. The molecule has 1 aliphatic carbocycles. The molecule has 0 heterocycles. The molecule has 8 nitrogen and oxygen atoms in total. The molecule has 8 heteroatoms. The zero-order valence-corrected chi connectivity index (χ0v) is 24.6.